The Balaban J connectivity index is 1.70. The van der Waals surface area contributed by atoms with Gasteiger partial charge in [-0.25, -0.2) is 4.79 Å². The van der Waals surface area contributed by atoms with Crippen LogP contribution in [0.4, 0.5) is 0 Å². The fourth-order valence-corrected chi connectivity index (χ4v) is 3.74. The molecule has 0 bridgehead atoms. The number of hydrogen-bond acceptors (Lipinski definition) is 5. The lowest BCUT2D eigenvalue weighted by Crippen LogP contribution is -2.48. The number of thiophene rings is 1. The Morgan fingerprint density at radius 2 is 2.14 bits per heavy atom. The molecule has 1 aliphatic carbocycles. The standard InChI is InChI=1S/C22H22N2O3S/c1-15-5-3-6-16(11-15)12-18(19-7-4-10-28-19)21(26)27-13-20(25)24-22(2,14-23)17-8-9-17/h3-7,10-12,17H,8-9,13H2,1-2H3,(H,24,25)/b18-12+/t22-/m1/s1. The summed E-state index contributed by atoms with van der Waals surface area (Å²) in [5, 5.41) is 13.9. The number of nitriles is 1. The van der Waals surface area contributed by atoms with E-state index in [1.54, 1.807) is 13.0 Å². The third-order valence-electron chi connectivity index (χ3n) is 4.72. The molecule has 28 heavy (non-hydrogen) atoms. The van der Waals surface area contributed by atoms with Crippen molar-refractivity contribution in [3.8, 4) is 6.07 Å². The summed E-state index contributed by atoms with van der Waals surface area (Å²) in [5.41, 5.74) is 1.47. The second-order valence-electron chi connectivity index (χ2n) is 7.16. The number of rotatable bonds is 7. The molecule has 1 aliphatic rings. The quantitative estimate of drug-likeness (QED) is 0.570. The van der Waals surface area contributed by atoms with Crippen molar-refractivity contribution in [2.24, 2.45) is 5.92 Å². The number of carbonyl (C=O) groups excluding carboxylic acids is 2. The smallest absolute Gasteiger partial charge is 0.340 e. The van der Waals surface area contributed by atoms with Gasteiger partial charge >= 0.3 is 5.97 Å². The van der Waals surface area contributed by atoms with Crippen LogP contribution in [0.2, 0.25) is 0 Å². The van der Waals surface area contributed by atoms with Crippen LogP contribution in [0.1, 0.15) is 35.8 Å². The number of hydrogen-bond donors (Lipinski definition) is 1. The molecule has 1 aromatic carbocycles. The molecule has 1 amide bonds. The summed E-state index contributed by atoms with van der Waals surface area (Å²) in [5.74, 6) is -0.866. The molecule has 1 saturated carbocycles. The third-order valence-corrected chi connectivity index (χ3v) is 5.62. The molecule has 0 spiro atoms. The van der Waals surface area contributed by atoms with Crippen LogP contribution >= 0.6 is 11.3 Å². The Hall–Kier alpha value is -2.91. The highest BCUT2D eigenvalue weighted by atomic mass is 32.1. The molecule has 1 heterocycles. The summed E-state index contributed by atoms with van der Waals surface area (Å²) in [6.45, 7) is 3.27. The number of amides is 1. The summed E-state index contributed by atoms with van der Waals surface area (Å²) in [4.78, 5) is 25.7. The molecule has 0 unspecified atom stereocenters. The molecule has 1 fully saturated rings. The highest BCUT2D eigenvalue weighted by Crippen LogP contribution is 2.39. The maximum absolute atomic E-state index is 12.7. The molecule has 1 aromatic heterocycles. The number of carbonyl (C=O) groups is 2. The van der Waals surface area contributed by atoms with Gasteiger partial charge in [0.1, 0.15) is 5.54 Å². The van der Waals surface area contributed by atoms with Crippen molar-refractivity contribution in [2.75, 3.05) is 6.61 Å². The molecule has 0 saturated heterocycles. The van der Waals surface area contributed by atoms with E-state index < -0.39 is 24.0 Å². The first kappa shape index (κ1) is 19.8. The van der Waals surface area contributed by atoms with Gasteiger partial charge in [0.15, 0.2) is 6.61 Å². The average molecular weight is 394 g/mol. The maximum Gasteiger partial charge on any atom is 0.340 e. The summed E-state index contributed by atoms with van der Waals surface area (Å²) in [6.07, 6.45) is 3.61. The van der Waals surface area contributed by atoms with Crippen molar-refractivity contribution in [3.05, 3.63) is 57.8 Å². The van der Waals surface area contributed by atoms with Crippen LogP contribution in [0.25, 0.3) is 11.6 Å². The Morgan fingerprint density at radius 1 is 1.36 bits per heavy atom. The fraction of sp³-hybridized carbons (Fsp3) is 0.318. The van der Waals surface area contributed by atoms with Crippen LogP contribution in [-0.2, 0) is 14.3 Å². The molecular formula is C22H22N2O3S. The Bertz CT molecular complexity index is 939. The van der Waals surface area contributed by atoms with Gasteiger partial charge in [-0.1, -0.05) is 35.9 Å². The van der Waals surface area contributed by atoms with Gasteiger partial charge in [0.05, 0.1) is 11.6 Å². The van der Waals surface area contributed by atoms with Gasteiger partial charge in [0.25, 0.3) is 5.91 Å². The zero-order valence-corrected chi connectivity index (χ0v) is 16.7. The first-order chi connectivity index (χ1) is 13.4. The Kier molecular flexibility index (Phi) is 5.96. The topological polar surface area (TPSA) is 79.2 Å². The summed E-state index contributed by atoms with van der Waals surface area (Å²) >= 11 is 1.43. The van der Waals surface area contributed by atoms with E-state index in [4.69, 9.17) is 4.74 Å². The van der Waals surface area contributed by atoms with Gasteiger partial charge in [-0.05, 0) is 55.7 Å². The van der Waals surface area contributed by atoms with E-state index in [2.05, 4.69) is 11.4 Å². The van der Waals surface area contributed by atoms with Crippen molar-refractivity contribution in [1.29, 1.82) is 5.26 Å². The van der Waals surface area contributed by atoms with Crippen molar-refractivity contribution in [2.45, 2.75) is 32.2 Å². The van der Waals surface area contributed by atoms with Crippen LogP contribution < -0.4 is 5.32 Å². The van der Waals surface area contributed by atoms with Gasteiger partial charge < -0.3 is 10.1 Å². The predicted octanol–water partition coefficient (Wildman–Crippen LogP) is 3.95. The monoisotopic (exact) mass is 394 g/mol. The van der Waals surface area contributed by atoms with Crippen molar-refractivity contribution in [3.63, 3.8) is 0 Å². The molecular weight excluding hydrogens is 372 g/mol. The van der Waals surface area contributed by atoms with Crippen LogP contribution in [0.15, 0.2) is 41.8 Å². The van der Waals surface area contributed by atoms with Crippen molar-refractivity contribution >= 4 is 34.9 Å². The first-order valence-electron chi connectivity index (χ1n) is 9.13. The number of nitrogens with one attached hydrogen (secondary N) is 1. The summed E-state index contributed by atoms with van der Waals surface area (Å²) in [6, 6.07) is 13.7. The number of aryl methyl sites for hydroxylation is 1. The predicted molar refractivity (Wildman–Crippen MR) is 109 cm³/mol. The van der Waals surface area contributed by atoms with Gasteiger partial charge in [0, 0.05) is 4.88 Å². The number of nitrogens with zero attached hydrogens (tertiary/aromatic N) is 1. The maximum atomic E-state index is 12.7. The van der Waals surface area contributed by atoms with E-state index in [1.165, 1.54) is 11.3 Å². The van der Waals surface area contributed by atoms with E-state index in [1.807, 2.05) is 48.7 Å². The van der Waals surface area contributed by atoms with E-state index in [0.29, 0.717) is 5.57 Å². The van der Waals surface area contributed by atoms with Gasteiger partial charge in [-0.2, -0.15) is 5.26 Å². The van der Waals surface area contributed by atoms with E-state index in [-0.39, 0.29) is 5.92 Å². The third kappa shape index (κ3) is 4.87. The lowest BCUT2D eigenvalue weighted by molar-refractivity contribution is -0.143. The number of esters is 1. The van der Waals surface area contributed by atoms with Crippen molar-refractivity contribution < 1.29 is 14.3 Å². The zero-order valence-electron chi connectivity index (χ0n) is 15.9. The highest BCUT2D eigenvalue weighted by molar-refractivity contribution is 7.11. The molecule has 0 radical (unpaired) electrons. The minimum absolute atomic E-state index is 0.167. The van der Waals surface area contributed by atoms with Gasteiger partial charge in [0.2, 0.25) is 0 Å². The zero-order chi connectivity index (χ0) is 20.1. The van der Waals surface area contributed by atoms with Gasteiger partial charge in [-0.3, -0.25) is 4.79 Å². The van der Waals surface area contributed by atoms with Gasteiger partial charge in [-0.15, -0.1) is 11.3 Å². The van der Waals surface area contributed by atoms with E-state index in [0.717, 1.165) is 28.8 Å². The fourth-order valence-electron chi connectivity index (χ4n) is 3.01. The SMILES string of the molecule is Cc1cccc(/C=C(/C(=O)OCC(=O)N[C@](C)(C#N)C2CC2)c2cccs2)c1. The second kappa shape index (κ2) is 8.41. The van der Waals surface area contributed by atoms with Crippen LogP contribution in [0.3, 0.4) is 0 Å². The Morgan fingerprint density at radius 3 is 2.75 bits per heavy atom. The highest BCUT2D eigenvalue weighted by Gasteiger charge is 2.43. The number of ether oxygens (including phenoxy) is 1. The summed E-state index contributed by atoms with van der Waals surface area (Å²) < 4.78 is 5.26. The molecule has 6 heteroatoms. The lowest BCUT2D eigenvalue weighted by Gasteiger charge is -2.22. The molecule has 1 N–H and O–H groups in total. The molecule has 144 valence electrons. The largest absolute Gasteiger partial charge is 0.452 e. The normalized spacial score (nSPS) is 16.0. The summed E-state index contributed by atoms with van der Waals surface area (Å²) in [7, 11) is 0. The molecule has 0 aliphatic heterocycles. The molecule has 1 atom stereocenters. The minimum atomic E-state index is -0.905. The molecule has 2 aromatic rings. The van der Waals surface area contributed by atoms with E-state index in [9.17, 15) is 14.9 Å². The van der Waals surface area contributed by atoms with Crippen LogP contribution in [-0.4, -0.2) is 24.0 Å². The van der Waals surface area contributed by atoms with Crippen LogP contribution in [0.5, 0.6) is 0 Å². The Labute approximate surface area is 168 Å². The van der Waals surface area contributed by atoms with Crippen LogP contribution in [0, 0.1) is 24.2 Å². The van der Waals surface area contributed by atoms with Crippen molar-refractivity contribution in [1.82, 2.24) is 5.32 Å². The molecule has 3 rings (SSSR count). The minimum Gasteiger partial charge on any atom is -0.452 e. The van der Waals surface area contributed by atoms with E-state index >= 15 is 0 Å². The first-order valence-corrected chi connectivity index (χ1v) is 10.0. The molecule has 5 nitrogen and oxygen atoms in total. The second-order valence-corrected chi connectivity index (χ2v) is 8.11. The average Bonchev–Trinajstić information content (AvgIpc) is 3.40. The lowest BCUT2D eigenvalue weighted by atomic mass is 9.98. The number of benzene rings is 1.